The normalized spacial score (nSPS) is 8.71. The van der Waals surface area contributed by atoms with Crippen LogP contribution < -0.4 is 3.40 Å². The minimum absolute atomic E-state index is 1.06. The van der Waals surface area contributed by atoms with Gasteiger partial charge in [0.2, 0.25) is 0 Å². The fraction of sp³-hybridized carbons (Fsp3) is 0. The van der Waals surface area contributed by atoms with E-state index < -0.39 is 0 Å². The van der Waals surface area contributed by atoms with Crippen LogP contribution in [0.1, 0.15) is 0 Å². The van der Waals surface area contributed by atoms with E-state index in [-0.39, 0.29) is 0 Å². The van der Waals surface area contributed by atoms with Crippen LogP contribution in [0.25, 0.3) is 0 Å². The summed E-state index contributed by atoms with van der Waals surface area (Å²) < 4.78 is 1.06. The first-order chi connectivity index (χ1) is 3.39. The molecule has 0 saturated heterocycles. The van der Waals surface area contributed by atoms with Gasteiger partial charge in [0.15, 0.2) is 0 Å². The first-order valence-electron chi connectivity index (χ1n) is 1.81. The van der Waals surface area contributed by atoms with Crippen LogP contribution in [0, 0.1) is 24.7 Å². The number of aromatic nitrogens is 2. The molecule has 0 aromatic carbocycles. The molecule has 36 valence electrons. The van der Waals surface area contributed by atoms with Crippen molar-refractivity contribution in [3.63, 3.8) is 0 Å². The molecule has 0 amide bonds. The standard InChI is InChI=1S/C4H3AtN2/c5-4-1-2-6-3-7-4/h1-3H. The SMILES string of the molecule is [At]c1ccncn1. The molecule has 0 fully saturated rings. The molecule has 0 saturated carbocycles. The number of hydrogen-bond acceptors (Lipinski definition) is 2. The maximum atomic E-state index is 3.89. The van der Waals surface area contributed by atoms with E-state index in [1.54, 1.807) is 37.2 Å². The Balaban J connectivity index is 3.02. The number of rotatable bonds is 0. The second-order valence-electron chi connectivity index (χ2n) is 1.03. The molecular formula is C4H3AtN2. The van der Waals surface area contributed by atoms with E-state index in [9.17, 15) is 0 Å². The van der Waals surface area contributed by atoms with E-state index in [0.717, 1.165) is 3.40 Å². The quantitative estimate of drug-likeness (QED) is 0.652. The van der Waals surface area contributed by atoms with Crippen molar-refractivity contribution in [1.82, 2.24) is 9.97 Å². The molecule has 1 rings (SSSR count). The van der Waals surface area contributed by atoms with Gasteiger partial charge in [0.05, 0.1) is 0 Å². The summed E-state index contributed by atoms with van der Waals surface area (Å²) >= 11 is 1.57. The molecule has 0 aliphatic heterocycles. The van der Waals surface area contributed by atoms with Gasteiger partial charge in [-0.25, -0.2) is 0 Å². The van der Waals surface area contributed by atoms with Gasteiger partial charge < -0.3 is 0 Å². The molecule has 0 unspecified atom stereocenters. The van der Waals surface area contributed by atoms with Crippen molar-refractivity contribution in [3.05, 3.63) is 18.6 Å². The van der Waals surface area contributed by atoms with Crippen LogP contribution in [0.5, 0.6) is 0 Å². The monoisotopic (exact) mass is 289 g/mol. The molecule has 0 aliphatic carbocycles. The molecule has 0 atom stereocenters. The van der Waals surface area contributed by atoms with Gasteiger partial charge >= 0.3 is 56.7 Å². The van der Waals surface area contributed by atoms with Gasteiger partial charge in [-0.1, -0.05) is 0 Å². The summed E-state index contributed by atoms with van der Waals surface area (Å²) in [5.74, 6) is 0. The molecule has 0 spiro atoms. The molecule has 2 nitrogen and oxygen atoms in total. The molecule has 0 aliphatic rings. The third kappa shape index (κ3) is 1.48. The Morgan fingerprint density at radius 1 is 1.57 bits per heavy atom. The Hall–Kier alpha value is -0.0369. The molecule has 0 bridgehead atoms. The van der Waals surface area contributed by atoms with E-state index in [0.29, 0.717) is 0 Å². The van der Waals surface area contributed by atoms with Crippen molar-refractivity contribution in [1.29, 1.82) is 0 Å². The molecule has 1 aromatic heterocycles. The van der Waals surface area contributed by atoms with Crippen LogP contribution in [0.3, 0.4) is 0 Å². The Kier molecular flexibility index (Phi) is 1.69. The molecule has 0 N–H and O–H groups in total. The second kappa shape index (κ2) is 2.32. The van der Waals surface area contributed by atoms with Crippen molar-refractivity contribution in [2.24, 2.45) is 0 Å². The van der Waals surface area contributed by atoms with Crippen LogP contribution >= 0.6 is 0 Å². The third-order valence-electron chi connectivity index (χ3n) is 0.546. The van der Waals surface area contributed by atoms with E-state index in [4.69, 9.17) is 0 Å². The average Bonchev–Trinajstić information content (AvgIpc) is 1.69. The summed E-state index contributed by atoms with van der Waals surface area (Å²) in [6.45, 7) is 0. The van der Waals surface area contributed by atoms with Crippen LogP contribution in [0.2, 0.25) is 0 Å². The second-order valence-corrected chi connectivity index (χ2v) is 2.54. The van der Waals surface area contributed by atoms with Crippen LogP contribution in [-0.2, 0) is 0 Å². The van der Waals surface area contributed by atoms with E-state index >= 15 is 0 Å². The predicted octanol–water partition coefficient (Wildman–Crippen LogP) is -0.349. The summed E-state index contributed by atoms with van der Waals surface area (Å²) in [6.07, 6.45) is 3.29. The number of nitrogens with zero attached hydrogens (tertiary/aromatic N) is 2. The maximum absolute atomic E-state index is 3.89. The molecule has 1 heterocycles. The third-order valence-corrected chi connectivity index (χ3v) is 1.42. The van der Waals surface area contributed by atoms with Gasteiger partial charge in [-0.3, -0.25) is 0 Å². The summed E-state index contributed by atoms with van der Waals surface area (Å²) in [5, 5.41) is 0. The Labute approximate surface area is 56.8 Å². The van der Waals surface area contributed by atoms with Crippen LogP contribution in [0.15, 0.2) is 18.6 Å². The summed E-state index contributed by atoms with van der Waals surface area (Å²) in [4.78, 5) is 7.64. The summed E-state index contributed by atoms with van der Waals surface area (Å²) in [7, 11) is 0. The van der Waals surface area contributed by atoms with Crippen molar-refractivity contribution in [2.45, 2.75) is 0 Å². The fourth-order valence-corrected chi connectivity index (χ4v) is 0.663. The van der Waals surface area contributed by atoms with Gasteiger partial charge in [-0.05, 0) is 0 Å². The minimum atomic E-state index is 1.06. The fourth-order valence-electron chi connectivity index (χ4n) is 0.275. The van der Waals surface area contributed by atoms with Gasteiger partial charge in [0.1, 0.15) is 0 Å². The zero-order valence-corrected chi connectivity index (χ0v) is 6.44. The predicted molar refractivity (Wildman–Crippen MR) is 21.7 cm³/mol. The Morgan fingerprint density at radius 3 is 2.71 bits per heavy atom. The van der Waals surface area contributed by atoms with E-state index in [1.807, 2.05) is 6.07 Å². The van der Waals surface area contributed by atoms with Crippen molar-refractivity contribution >= 4 is 3.40 Å². The van der Waals surface area contributed by atoms with Crippen molar-refractivity contribution in [3.8, 4) is 0 Å². The molecule has 7 heavy (non-hydrogen) atoms. The molecule has 0 radical (unpaired) electrons. The van der Waals surface area contributed by atoms with Crippen LogP contribution in [0.4, 0.5) is 0 Å². The van der Waals surface area contributed by atoms with Gasteiger partial charge in [-0.2, -0.15) is 0 Å². The van der Waals surface area contributed by atoms with E-state index in [1.165, 1.54) is 0 Å². The van der Waals surface area contributed by atoms with Crippen molar-refractivity contribution < 1.29 is 24.7 Å². The van der Waals surface area contributed by atoms with Gasteiger partial charge in [-0.15, -0.1) is 0 Å². The average molecular weight is 289 g/mol. The van der Waals surface area contributed by atoms with E-state index in [2.05, 4.69) is 9.97 Å². The first-order valence-corrected chi connectivity index (χ1v) is 3.28. The Bertz CT molecular complexity index is 140. The Morgan fingerprint density at radius 2 is 2.43 bits per heavy atom. The molecular weight excluding hydrogens is 286 g/mol. The first kappa shape index (κ1) is 5.11. The van der Waals surface area contributed by atoms with Crippen LogP contribution in [-0.4, -0.2) is 9.97 Å². The molecule has 3 heteroatoms. The van der Waals surface area contributed by atoms with Gasteiger partial charge in [0, 0.05) is 0 Å². The molecule has 1 aromatic rings. The number of hydrogen-bond donors (Lipinski definition) is 0. The zero-order chi connectivity index (χ0) is 5.11. The zero-order valence-electron chi connectivity index (χ0n) is 3.50. The van der Waals surface area contributed by atoms with Gasteiger partial charge in [0.25, 0.3) is 0 Å². The topological polar surface area (TPSA) is 25.8 Å². The van der Waals surface area contributed by atoms with Crippen molar-refractivity contribution in [2.75, 3.05) is 0 Å². The summed E-state index contributed by atoms with van der Waals surface area (Å²) in [6, 6.07) is 1.89. The summed E-state index contributed by atoms with van der Waals surface area (Å²) in [5.41, 5.74) is 0.